The van der Waals surface area contributed by atoms with Gasteiger partial charge in [0.05, 0.1) is 11.7 Å². The predicted octanol–water partition coefficient (Wildman–Crippen LogP) is 5.52. The number of phenolic OH excluding ortho intramolecular Hbond substituents is 1. The molecule has 6 heteroatoms. The highest BCUT2D eigenvalue weighted by Gasteiger charge is 2.43. The summed E-state index contributed by atoms with van der Waals surface area (Å²) >= 11 is 6.64. The first-order chi connectivity index (χ1) is 14.1. The van der Waals surface area contributed by atoms with Gasteiger partial charge in [-0.3, -0.25) is 14.5 Å². The molecule has 1 heterocycles. The highest BCUT2D eigenvalue weighted by Crippen LogP contribution is 2.51. The zero-order chi connectivity index (χ0) is 21.8. The highest BCUT2D eigenvalue weighted by molar-refractivity contribution is 6.31. The number of anilines is 2. The number of hydrogen-bond donors (Lipinski definition) is 2. The predicted molar refractivity (Wildman–Crippen MR) is 119 cm³/mol. The van der Waals surface area contributed by atoms with E-state index in [2.05, 4.69) is 5.32 Å². The maximum absolute atomic E-state index is 13.4. The van der Waals surface area contributed by atoms with E-state index < -0.39 is 6.04 Å². The van der Waals surface area contributed by atoms with Crippen molar-refractivity contribution in [1.82, 2.24) is 0 Å². The summed E-state index contributed by atoms with van der Waals surface area (Å²) in [5.74, 6) is -0.234. The van der Waals surface area contributed by atoms with Crippen molar-refractivity contribution >= 4 is 34.7 Å². The molecular weight excluding hydrogens is 400 g/mol. The number of Topliss-reactive ketones (excluding diaryl/α,β-unsaturated/α-hetero) is 1. The van der Waals surface area contributed by atoms with E-state index in [0.29, 0.717) is 40.4 Å². The van der Waals surface area contributed by atoms with Crippen molar-refractivity contribution in [3.63, 3.8) is 0 Å². The third-order valence-electron chi connectivity index (χ3n) is 5.80. The average molecular weight is 425 g/mol. The van der Waals surface area contributed by atoms with Gasteiger partial charge in [0.25, 0.3) is 0 Å². The molecule has 0 radical (unpaired) electrons. The number of hydrogen-bond acceptors (Lipinski definition) is 4. The molecule has 5 nitrogen and oxygen atoms in total. The maximum Gasteiger partial charge on any atom is 0.224 e. The van der Waals surface area contributed by atoms with Crippen molar-refractivity contribution in [2.45, 2.75) is 46.6 Å². The van der Waals surface area contributed by atoms with Gasteiger partial charge in [-0.15, -0.1) is 0 Å². The number of phenols is 1. The lowest BCUT2D eigenvalue weighted by Gasteiger charge is -2.37. The number of aryl methyl sites for hydroxylation is 1. The van der Waals surface area contributed by atoms with E-state index in [0.717, 1.165) is 11.3 Å². The fraction of sp³-hybridized carbons (Fsp3) is 0.333. The number of nitrogens with one attached hydrogen (secondary N) is 1. The Morgan fingerprint density at radius 2 is 1.97 bits per heavy atom. The van der Waals surface area contributed by atoms with Crippen LogP contribution in [0.5, 0.6) is 5.75 Å². The lowest BCUT2D eigenvalue weighted by atomic mass is 9.73. The maximum atomic E-state index is 13.4. The smallest absolute Gasteiger partial charge is 0.224 e. The van der Waals surface area contributed by atoms with Crippen molar-refractivity contribution < 1.29 is 14.7 Å². The first-order valence-corrected chi connectivity index (χ1v) is 10.4. The number of ketones is 1. The number of amides is 1. The third kappa shape index (κ3) is 3.37. The number of halogens is 1. The van der Waals surface area contributed by atoms with Crippen LogP contribution in [-0.2, 0) is 9.59 Å². The minimum absolute atomic E-state index is 0.0195. The van der Waals surface area contributed by atoms with Crippen LogP contribution < -0.4 is 10.2 Å². The summed E-state index contributed by atoms with van der Waals surface area (Å²) in [6, 6.07) is 10.0. The molecule has 0 saturated carbocycles. The number of rotatable bonds is 1. The Labute approximate surface area is 181 Å². The van der Waals surface area contributed by atoms with Crippen LogP contribution in [0.4, 0.5) is 11.4 Å². The van der Waals surface area contributed by atoms with Crippen LogP contribution in [-0.4, -0.2) is 16.8 Å². The summed E-state index contributed by atoms with van der Waals surface area (Å²) in [6.45, 7) is 7.50. The van der Waals surface area contributed by atoms with E-state index in [-0.39, 0.29) is 22.9 Å². The minimum Gasteiger partial charge on any atom is -0.506 e. The first-order valence-electron chi connectivity index (χ1n) is 10.00. The second-order valence-corrected chi connectivity index (χ2v) is 9.35. The van der Waals surface area contributed by atoms with Gasteiger partial charge in [-0.1, -0.05) is 43.6 Å². The summed E-state index contributed by atoms with van der Waals surface area (Å²) < 4.78 is 0. The molecule has 30 heavy (non-hydrogen) atoms. The SMILES string of the molecule is CC(=O)N1c2cccc(O)c2NC2=C(C(=O)CC(C)(C)C2)C1c1ccc(C)cc1Cl. The Balaban J connectivity index is 2.06. The van der Waals surface area contributed by atoms with Gasteiger partial charge >= 0.3 is 0 Å². The number of allylic oxidation sites excluding steroid dienone is 1. The molecule has 1 amide bonds. The van der Waals surface area contributed by atoms with Gasteiger partial charge in [0.1, 0.15) is 11.4 Å². The molecule has 1 aliphatic carbocycles. The number of aromatic hydroxyl groups is 1. The summed E-state index contributed by atoms with van der Waals surface area (Å²) in [5, 5.41) is 14.4. The Morgan fingerprint density at radius 1 is 1.23 bits per heavy atom. The molecule has 0 spiro atoms. The van der Waals surface area contributed by atoms with Gasteiger partial charge in [-0.2, -0.15) is 0 Å². The molecule has 1 atom stereocenters. The standard InChI is InChI=1S/C24H25ClN2O3/c1-13-8-9-15(16(25)10-13)23-21-17(11-24(3,4)12-20(21)30)26-22-18(27(23)14(2)28)6-5-7-19(22)29/h5-10,23,26,29H,11-12H2,1-4H3. The van der Waals surface area contributed by atoms with E-state index in [4.69, 9.17) is 11.6 Å². The summed E-state index contributed by atoms with van der Waals surface area (Å²) in [4.78, 5) is 27.9. The molecule has 0 saturated heterocycles. The molecule has 2 aromatic rings. The summed E-state index contributed by atoms with van der Waals surface area (Å²) in [7, 11) is 0. The Hall–Kier alpha value is -2.79. The van der Waals surface area contributed by atoms with E-state index >= 15 is 0 Å². The van der Waals surface area contributed by atoms with Gasteiger partial charge in [0.2, 0.25) is 5.91 Å². The molecule has 0 aromatic heterocycles. The number of carbonyl (C=O) groups excluding carboxylic acids is 2. The summed E-state index contributed by atoms with van der Waals surface area (Å²) in [6.07, 6.45) is 0.995. The highest BCUT2D eigenvalue weighted by atomic mass is 35.5. The molecule has 2 aromatic carbocycles. The number of nitrogens with zero attached hydrogens (tertiary/aromatic N) is 1. The Kier molecular flexibility index (Phi) is 4.89. The lowest BCUT2D eigenvalue weighted by Crippen LogP contribution is -2.38. The molecule has 2 aliphatic rings. The van der Waals surface area contributed by atoms with Crippen molar-refractivity contribution in [2.24, 2.45) is 5.41 Å². The second-order valence-electron chi connectivity index (χ2n) is 8.95. The monoisotopic (exact) mass is 424 g/mol. The quantitative estimate of drug-likeness (QED) is 0.591. The average Bonchev–Trinajstić information content (AvgIpc) is 2.76. The van der Waals surface area contributed by atoms with Crippen LogP contribution in [0, 0.1) is 12.3 Å². The van der Waals surface area contributed by atoms with E-state index in [1.165, 1.54) is 6.92 Å². The molecule has 4 rings (SSSR count). The summed E-state index contributed by atoms with van der Waals surface area (Å²) in [5.41, 5.74) is 3.65. The van der Waals surface area contributed by atoms with Crippen LogP contribution >= 0.6 is 11.6 Å². The first kappa shape index (κ1) is 20.5. The number of carbonyl (C=O) groups is 2. The van der Waals surface area contributed by atoms with Crippen molar-refractivity contribution in [2.75, 3.05) is 10.2 Å². The second kappa shape index (κ2) is 7.17. The van der Waals surface area contributed by atoms with Gasteiger partial charge < -0.3 is 10.4 Å². The van der Waals surface area contributed by atoms with Crippen molar-refractivity contribution in [3.05, 3.63) is 63.8 Å². The Morgan fingerprint density at radius 3 is 2.63 bits per heavy atom. The fourth-order valence-corrected chi connectivity index (χ4v) is 4.88. The van der Waals surface area contributed by atoms with E-state index in [1.54, 1.807) is 23.1 Å². The number of fused-ring (bicyclic) bond motifs is 1. The Bertz CT molecular complexity index is 1100. The van der Waals surface area contributed by atoms with E-state index in [9.17, 15) is 14.7 Å². The largest absolute Gasteiger partial charge is 0.506 e. The van der Waals surface area contributed by atoms with Crippen LogP contribution in [0.1, 0.15) is 50.8 Å². The van der Waals surface area contributed by atoms with Gasteiger partial charge in [-0.05, 0) is 48.1 Å². The van der Waals surface area contributed by atoms with Gasteiger partial charge in [0, 0.05) is 29.6 Å². The van der Waals surface area contributed by atoms with E-state index in [1.807, 2.05) is 39.0 Å². The van der Waals surface area contributed by atoms with Crippen LogP contribution in [0.2, 0.25) is 5.02 Å². The molecule has 2 N–H and O–H groups in total. The zero-order valence-corrected chi connectivity index (χ0v) is 18.3. The molecular formula is C24H25ClN2O3. The molecule has 1 unspecified atom stereocenters. The third-order valence-corrected chi connectivity index (χ3v) is 6.12. The zero-order valence-electron chi connectivity index (χ0n) is 17.5. The van der Waals surface area contributed by atoms with Crippen LogP contribution in [0.25, 0.3) is 0 Å². The normalized spacial score (nSPS) is 20.2. The van der Waals surface area contributed by atoms with Gasteiger partial charge in [-0.25, -0.2) is 0 Å². The van der Waals surface area contributed by atoms with Crippen LogP contribution in [0.15, 0.2) is 47.7 Å². The fourth-order valence-electron chi connectivity index (χ4n) is 4.54. The number of para-hydroxylation sites is 1. The molecule has 0 fully saturated rings. The molecule has 1 aliphatic heterocycles. The minimum atomic E-state index is -0.676. The van der Waals surface area contributed by atoms with Crippen molar-refractivity contribution in [3.8, 4) is 5.75 Å². The number of benzene rings is 2. The molecule has 156 valence electrons. The van der Waals surface area contributed by atoms with Crippen LogP contribution in [0.3, 0.4) is 0 Å². The van der Waals surface area contributed by atoms with Gasteiger partial charge in [0.15, 0.2) is 5.78 Å². The topological polar surface area (TPSA) is 69.6 Å². The lowest BCUT2D eigenvalue weighted by molar-refractivity contribution is -0.118. The van der Waals surface area contributed by atoms with Crippen molar-refractivity contribution in [1.29, 1.82) is 0 Å². The molecule has 0 bridgehead atoms.